The molecule has 1 N–H and O–H groups in total. The zero-order chi connectivity index (χ0) is 15.6. The second-order valence-electron chi connectivity index (χ2n) is 4.48. The van der Waals surface area contributed by atoms with E-state index in [-0.39, 0.29) is 18.0 Å². The van der Waals surface area contributed by atoms with E-state index >= 15 is 0 Å². The number of aryl methyl sites for hydroxylation is 1. The number of nitrogens with zero attached hydrogens (tertiary/aromatic N) is 1. The molecule has 2 rings (SSSR count). The number of thiophene rings is 1. The van der Waals surface area contributed by atoms with Gasteiger partial charge in [-0.05, 0) is 49.1 Å². The maximum Gasteiger partial charge on any atom is 0.265 e. The summed E-state index contributed by atoms with van der Waals surface area (Å²) in [6, 6.07) is 5.30. The van der Waals surface area contributed by atoms with E-state index in [9.17, 15) is 17.9 Å². The Hall–Kier alpha value is -1.44. The van der Waals surface area contributed by atoms with Crippen molar-refractivity contribution in [3.63, 3.8) is 0 Å². The van der Waals surface area contributed by atoms with Crippen molar-refractivity contribution in [1.29, 1.82) is 0 Å². The number of hydrogen-bond acceptors (Lipinski definition) is 4. The first-order valence-electron chi connectivity index (χ1n) is 6.38. The van der Waals surface area contributed by atoms with Crippen LogP contribution in [0.1, 0.15) is 17.4 Å². The highest BCUT2D eigenvalue weighted by atomic mass is 32.2. The lowest BCUT2D eigenvalue weighted by atomic mass is 10.3. The van der Waals surface area contributed by atoms with Crippen LogP contribution in [-0.2, 0) is 16.6 Å². The van der Waals surface area contributed by atoms with E-state index in [1.54, 1.807) is 19.2 Å². The van der Waals surface area contributed by atoms with E-state index in [0.717, 1.165) is 0 Å². The van der Waals surface area contributed by atoms with Crippen LogP contribution in [0, 0.1) is 12.7 Å². The van der Waals surface area contributed by atoms with Gasteiger partial charge in [-0.2, -0.15) is 0 Å². The molecule has 1 heterocycles. The average Bonchev–Trinajstić information content (AvgIpc) is 2.83. The monoisotopic (exact) mass is 329 g/mol. The fourth-order valence-electron chi connectivity index (χ4n) is 2.15. The third-order valence-electron chi connectivity index (χ3n) is 3.08. The van der Waals surface area contributed by atoms with Crippen molar-refractivity contribution in [2.45, 2.75) is 25.3 Å². The Bertz CT molecular complexity index is 723. The zero-order valence-corrected chi connectivity index (χ0v) is 13.3. The molecule has 0 unspecified atom stereocenters. The van der Waals surface area contributed by atoms with Crippen LogP contribution in [0.2, 0.25) is 0 Å². The molecule has 21 heavy (non-hydrogen) atoms. The second-order valence-corrected chi connectivity index (χ2v) is 7.24. The highest BCUT2D eigenvalue weighted by molar-refractivity contribution is 7.93. The zero-order valence-electron chi connectivity index (χ0n) is 11.7. The summed E-state index contributed by atoms with van der Waals surface area (Å²) >= 11 is 1.21. The normalized spacial score (nSPS) is 11.6. The van der Waals surface area contributed by atoms with E-state index in [0.29, 0.717) is 16.1 Å². The number of aliphatic hydroxyl groups is 1. The van der Waals surface area contributed by atoms with Gasteiger partial charge in [0, 0.05) is 6.54 Å². The molecule has 0 amide bonds. The third kappa shape index (κ3) is 2.95. The highest BCUT2D eigenvalue weighted by Gasteiger charge is 2.29. The molecule has 0 spiro atoms. The summed E-state index contributed by atoms with van der Waals surface area (Å²) in [5.41, 5.74) is 0.998. The Morgan fingerprint density at radius 1 is 1.29 bits per heavy atom. The quantitative estimate of drug-likeness (QED) is 0.917. The summed E-state index contributed by atoms with van der Waals surface area (Å²) < 4.78 is 39.9. The van der Waals surface area contributed by atoms with Crippen LogP contribution in [0.5, 0.6) is 0 Å². The summed E-state index contributed by atoms with van der Waals surface area (Å²) in [6.07, 6.45) is 0. The Balaban J connectivity index is 2.54. The number of halogens is 1. The molecule has 1 aromatic heterocycles. The molecule has 0 bridgehead atoms. The molecule has 4 nitrogen and oxygen atoms in total. The van der Waals surface area contributed by atoms with Crippen LogP contribution in [0.25, 0.3) is 0 Å². The maximum absolute atomic E-state index is 13.0. The van der Waals surface area contributed by atoms with Crippen molar-refractivity contribution in [3.05, 3.63) is 45.9 Å². The van der Waals surface area contributed by atoms with Gasteiger partial charge in [-0.15, -0.1) is 11.3 Å². The predicted octanol–water partition coefficient (Wildman–Crippen LogP) is 2.90. The number of benzene rings is 1. The van der Waals surface area contributed by atoms with Crippen LogP contribution < -0.4 is 4.31 Å². The summed E-state index contributed by atoms with van der Waals surface area (Å²) in [5.74, 6) is -0.421. The minimum absolute atomic E-state index is 0.140. The van der Waals surface area contributed by atoms with Gasteiger partial charge in [-0.25, -0.2) is 12.8 Å². The van der Waals surface area contributed by atoms with Gasteiger partial charge in [-0.3, -0.25) is 4.31 Å². The topological polar surface area (TPSA) is 57.6 Å². The van der Waals surface area contributed by atoms with Gasteiger partial charge in [0.2, 0.25) is 0 Å². The standard InChI is InChI=1S/C14H16FNO3S2/c1-3-16(12-6-4-11(15)5-7-12)21(18,19)14-10(2)9-20-13(14)8-17/h4-7,9,17H,3,8H2,1-2H3. The van der Waals surface area contributed by atoms with Crippen molar-refractivity contribution in [3.8, 4) is 0 Å². The number of anilines is 1. The minimum Gasteiger partial charge on any atom is -0.391 e. The van der Waals surface area contributed by atoms with Crippen LogP contribution in [0.15, 0.2) is 34.5 Å². The van der Waals surface area contributed by atoms with Gasteiger partial charge in [0.05, 0.1) is 17.2 Å². The summed E-state index contributed by atoms with van der Waals surface area (Å²) in [6.45, 7) is 3.30. The molecule has 2 aromatic rings. The van der Waals surface area contributed by atoms with Crippen molar-refractivity contribution in [2.75, 3.05) is 10.8 Å². The molecule has 114 valence electrons. The van der Waals surface area contributed by atoms with Gasteiger partial charge in [-0.1, -0.05) is 0 Å². The average molecular weight is 329 g/mol. The van der Waals surface area contributed by atoms with Gasteiger partial charge in [0.15, 0.2) is 0 Å². The molecule has 1 aromatic carbocycles. The van der Waals surface area contributed by atoms with E-state index in [1.165, 1.54) is 39.9 Å². The molecule has 0 atom stereocenters. The summed E-state index contributed by atoms with van der Waals surface area (Å²) in [4.78, 5) is 0.550. The van der Waals surface area contributed by atoms with Crippen LogP contribution in [-0.4, -0.2) is 20.1 Å². The maximum atomic E-state index is 13.0. The molecule has 0 aliphatic rings. The van der Waals surface area contributed by atoms with Crippen molar-refractivity contribution in [1.82, 2.24) is 0 Å². The Kier molecular flexibility index (Phi) is 4.65. The molecule has 0 aliphatic carbocycles. The van der Waals surface area contributed by atoms with Gasteiger partial charge in [0.1, 0.15) is 10.7 Å². The first kappa shape index (κ1) is 15.9. The molecule has 0 fully saturated rings. The highest BCUT2D eigenvalue weighted by Crippen LogP contribution is 2.32. The summed E-state index contributed by atoms with van der Waals surface area (Å²) in [7, 11) is -3.79. The van der Waals surface area contributed by atoms with Crippen molar-refractivity contribution >= 4 is 27.0 Å². The van der Waals surface area contributed by atoms with Crippen LogP contribution >= 0.6 is 11.3 Å². The third-order valence-corrected chi connectivity index (χ3v) is 6.43. The first-order chi connectivity index (χ1) is 9.91. The van der Waals surface area contributed by atoms with Crippen molar-refractivity contribution in [2.24, 2.45) is 0 Å². The smallest absolute Gasteiger partial charge is 0.265 e. The molecule has 0 saturated heterocycles. The fraction of sp³-hybridized carbons (Fsp3) is 0.286. The first-order valence-corrected chi connectivity index (χ1v) is 8.70. The lowest BCUT2D eigenvalue weighted by Crippen LogP contribution is -2.31. The SMILES string of the molecule is CCN(c1ccc(F)cc1)S(=O)(=O)c1c(C)csc1CO. The molecule has 7 heteroatoms. The Morgan fingerprint density at radius 2 is 1.90 bits per heavy atom. The van der Waals surface area contributed by atoms with Gasteiger partial charge in [0.25, 0.3) is 10.0 Å². The molecular formula is C14H16FNO3S2. The fourth-order valence-corrected chi connectivity index (χ4v) is 5.24. The van der Waals surface area contributed by atoms with Gasteiger partial charge < -0.3 is 5.11 Å². The number of hydrogen-bond donors (Lipinski definition) is 1. The summed E-state index contributed by atoms with van der Waals surface area (Å²) in [5, 5.41) is 11.0. The van der Waals surface area contributed by atoms with Crippen LogP contribution in [0.3, 0.4) is 0 Å². The Labute approximate surface area is 127 Å². The molecule has 0 aliphatic heterocycles. The van der Waals surface area contributed by atoms with Crippen LogP contribution in [0.4, 0.5) is 10.1 Å². The van der Waals surface area contributed by atoms with E-state index in [4.69, 9.17) is 0 Å². The lowest BCUT2D eigenvalue weighted by Gasteiger charge is -2.23. The van der Waals surface area contributed by atoms with Crippen molar-refractivity contribution < 1.29 is 17.9 Å². The molecule has 0 saturated carbocycles. The number of rotatable bonds is 5. The second kappa shape index (κ2) is 6.13. The molecule has 0 radical (unpaired) electrons. The van der Waals surface area contributed by atoms with E-state index < -0.39 is 15.8 Å². The Morgan fingerprint density at radius 3 is 2.43 bits per heavy atom. The largest absolute Gasteiger partial charge is 0.391 e. The van der Waals surface area contributed by atoms with Gasteiger partial charge >= 0.3 is 0 Å². The number of sulfonamides is 1. The van der Waals surface area contributed by atoms with E-state index in [2.05, 4.69) is 0 Å². The number of aliphatic hydroxyl groups excluding tert-OH is 1. The van der Waals surface area contributed by atoms with E-state index in [1.807, 2.05) is 0 Å². The molecular weight excluding hydrogens is 313 g/mol. The lowest BCUT2D eigenvalue weighted by molar-refractivity contribution is 0.282. The predicted molar refractivity (Wildman–Crippen MR) is 81.6 cm³/mol. The minimum atomic E-state index is -3.79.